The van der Waals surface area contributed by atoms with E-state index in [0.29, 0.717) is 19.0 Å². The Balaban J connectivity index is 1.69. The standard InChI is InChI=1S/C17H26N4O3/c1-19-14(11-15(22)20(2)17(19)24)16(23)21-9-5-13(6-10-21)12-3-7-18-8-4-12/h11-13,18H,3-10H2,1-2H3. The van der Waals surface area contributed by atoms with Gasteiger partial charge >= 0.3 is 5.69 Å². The van der Waals surface area contributed by atoms with Crippen molar-refractivity contribution in [2.24, 2.45) is 25.9 Å². The minimum absolute atomic E-state index is 0.184. The minimum Gasteiger partial charge on any atom is -0.337 e. The van der Waals surface area contributed by atoms with Crippen molar-refractivity contribution in [3.05, 3.63) is 32.6 Å². The average Bonchev–Trinajstić information content (AvgIpc) is 2.63. The summed E-state index contributed by atoms with van der Waals surface area (Å²) in [5, 5.41) is 3.40. The van der Waals surface area contributed by atoms with E-state index in [-0.39, 0.29) is 11.6 Å². The van der Waals surface area contributed by atoms with Gasteiger partial charge in [0.25, 0.3) is 11.5 Å². The van der Waals surface area contributed by atoms with Crippen molar-refractivity contribution >= 4 is 5.91 Å². The number of amides is 1. The van der Waals surface area contributed by atoms with Crippen molar-refractivity contribution < 1.29 is 4.79 Å². The van der Waals surface area contributed by atoms with Gasteiger partial charge in [-0.3, -0.25) is 18.7 Å². The van der Waals surface area contributed by atoms with Crippen LogP contribution in [0.3, 0.4) is 0 Å². The van der Waals surface area contributed by atoms with Crippen molar-refractivity contribution in [1.82, 2.24) is 19.4 Å². The fourth-order valence-electron chi connectivity index (χ4n) is 3.99. The lowest BCUT2D eigenvalue weighted by molar-refractivity contribution is 0.0630. The van der Waals surface area contributed by atoms with Gasteiger partial charge < -0.3 is 10.2 Å². The zero-order valence-electron chi connectivity index (χ0n) is 14.5. The summed E-state index contributed by atoms with van der Waals surface area (Å²) >= 11 is 0. The third-order valence-corrected chi connectivity index (χ3v) is 5.62. The normalized spacial score (nSPS) is 20.3. The lowest BCUT2D eigenvalue weighted by Crippen LogP contribution is -2.45. The fraction of sp³-hybridized carbons (Fsp3) is 0.706. The van der Waals surface area contributed by atoms with Crippen molar-refractivity contribution in [3.8, 4) is 0 Å². The molecule has 2 fully saturated rings. The van der Waals surface area contributed by atoms with Crippen LogP contribution in [0.15, 0.2) is 15.7 Å². The molecule has 0 unspecified atom stereocenters. The summed E-state index contributed by atoms with van der Waals surface area (Å²) in [6.07, 6.45) is 4.47. The quantitative estimate of drug-likeness (QED) is 0.822. The number of nitrogens with zero attached hydrogens (tertiary/aromatic N) is 3. The van der Waals surface area contributed by atoms with Gasteiger partial charge in [0.1, 0.15) is 5.69 Å². The lowest BCUT2D eigenvalue weighted by atomic mass is 9.79. The predicted molar refractivity (Wildman–Crippen MR) is 91.1 cm³/mol. The largest absolute Gasteiger partial charge is 0.337 e. The van der Waals surface area contributed by atoms with Crippen molar-refractivity contribution in [3.63, 3.8) is 0 Å². The van der Waals surface area contributed by atoms with Gasteiger partial charge in [-0.25, -0.2) is 4.79 Å². The zero-order chi connectivity index (χ0) is 17.3. The van der Waals surface area contributed by atoms with Gasteiger partial charge in [0, 0.05) is 33.3 Å². The summed E-state index contributed by atoms with van der Waals surface area (Å²) in [7, 11) is 2.96. The molecule has 1 amide bonds. The molecule has 2 saturated heterocycles. The smallest absolute Gasteiger partial charge is 0.331 e. The summed E-state index contributed by atoms with van der Waals surface area (Å²) in [6, 6.07) is 1.27. The summed E-state index contributed by atoms with van der Waals surface area (Å²) in [5.41, 5.74) is -0.718. The SMILES string of the molecule is Cn1c(C(=O)N2CCC(C3CCNCC3)CC2)cc(=O)n(C)c1=O. The van der Waals surface area contributed by atoms with E-state index >= 15 is 0 Å². The predicted octanol–water partition coefficient (Wildman–Crippen LogP) is -0.0642. The van der Waals surface area contributed by atoms with Crippen molar-refractivity contribution in [1.29, 1.82) is 0 Å². The third kappa shape index (κ3) is 3.17. The van der Waals surface area contributed by atoms with Crippen LogP contribution in [0.1, 0.15) is 36.2 Å². The molecule has 2 aliphatic rings. The van der Waals surface area contributed by atoms with Gasteiger partial charge in [0.15, 0.2) is 0 Å². The first-order valence-electron chi connectivity index (χ1n) is 8.76. The molecular formula is C17H26N4O3. The molecule has 0 saturated carbocycles. The molecule has 3 heterocycles. The van der Waals surface area contributed by atoms with Crippen LogP contribution >= 0.6 is 0 Å². The Morgan fingerprint density at radius 1 is 1.00 bits per heavy atom. The van der Waals surface area contributed by atoms with Crippen LogP contribution in [-0.4, -0.2) is 46.1 Å². The molecule has 132 valence electrons. The monoisotopic (exact) mass is 334 g/mol. The van der Waals surface area contributed by atoms with Gasteiger partial charge in [0.05, 0.1) is 0 Å². The Morgan fingerprint density at radius 3 is 2.21 bits per heavy atom. The number of nitrogens with one attached hydrogen (secondary N) is 1. The van der Waals surface area contributed by atoms with Gasteiger partial charge in [-0.2, -0.15) is 0 Å². The molecule has 1 N–H and O–H groups in total. The molecule has 0 atom stereocenters. The van der Waals surface area contributed by atoms with Crippen molar-refractivity contribution in [2.75, 3.05) is 26.2 Å². The second kappa shape index (κ2) is 6.93. The molecule has 0 spiro atoms. The second-order valence-corrected chi connectivity index (χ2v) is 6.99. The number of carbonyl (C=O) groups is 1. The molecule has 0 aliphatic carbocycles. The van der Waals surface area contributed by atoms with E-state index in [0.717, 1.165) is 36.4 Å². The van der Waals surface area contributed by atoms with Gasteiger partial charge in [-0.15, -0.1) is 0 Å². The van der Waals surface area contributed by atoms with E-state index < -0.39 is 11.2 Å². The number of piperidine rings is 2. The Morgan fingerprint density at radius 2 is 1.58 bits per heavy atom. The first kappa shape index (κ1) is 17.0. The number of likely N-dealkylation sites (tertiary alicyclic amines) is 1. The molecule has 3 rings (SSSR count). The summed E-state index contributed by atoms with van der Waals surface area (Å²) in [5.74, 6) is 1.23. The van der Waals surface area contributed by atoms with Crippen LogP contribution in [0, 0.1) is 11.8 Å². The van der Waals surface area contributed by atoms with E-state index in [4.69, 9.17) is 0 Å². The maximum absolute atomic E-state index is 12.7. The number of aromatic nitrogens is 2. The van der Waals surface area contributed by atoms with E-state index in [1.807, 2.05) is 0 Å². The molecule has 7 nitrogen and oxygen atoms in total. The van der Waals surface area contributed by atoms with E-state index in [9.17, 15) is 14.4 Å². The molecule has 1 aromatic heterocycles. The Kier molecular flexibility index (Phi) is 4.89. The summed E-state index contributed by atoms with van der Waals surface area (Å²) in [6.45, 7) is 3.60. The summed E-state index contributed by atoms with van der Waals surface area (Å²) in [4.78, 5) is 38.3. The molecule has 0 radical (unpaired) electrons. The van der Waals surface area contributed by atoms with Gasteiger partial charge in [0.2, 0.25) is 0 Å². The van der Waals surface area contributed by atoms with E-state index in [2.05, 4.69) is 5.32 Å². The van der Waals surface area contributed by atoms with E-state index in [1.165, 1.54) is 37.6 Å². The zero-order valence-corrected chi connectivity index (χ0v) is 14.5. The topological polar surface area (TPSA) is 76.3 Å². The second-order valence-electron chi connectivity index (χ2n) is 6.99. The molecule has 2 aliphatic heterocycles. The highest BCUT2D eigenvalue weighted by molar-refractivity contribution is 5.92. The highest BCUT2D eigenvalue weighted by Gasteiger charge is 2.30. The third-order valence-electron chi connectivity index (χ3n) is 5.62. The first-order valence-corrected chi connectivity index (χ1v) is 8.76. The number of hydrogen-bond acceptors (Lipinski definition) is 4. The maximum Gasteiger partial charge on any atom is 0.331 e. The van der Waals surface area contributed by atoms with Gasteiger partial charge in [-0.1, -0.05) is 0 Å². The van der Waals surface area contributed by atoms with Crippen LogP contribution in [0.2, 0.25) is 0 Å². The van der Waals surface area contributed by atoms with Gasteiger partial charge in [-0.05, 0) is 50.6 Å². The summed E-state index contributed by atoms with van der Waals surface area (Å²) < 4.78 is 2.28. The number of hydrogen-bond donors (Lipinski definition) is 1. The highest BCUT2D eigenvalue weighted by atomic mass is 16.2. The van der Waals surface area contributed by atoms with Crippen LogP contribution < -0.4 is 16.6 Å². The lowest BCUT2D eigenvalue weighted by Gasteiger charge is -2.37. The molecule has 0 bridgehead atoms. The Hall–Kier alpha value is -1.89. The highest BCUT2D eigenvalue weighted by Crippen LogP contribution is 2.31. The molecular weight excluding hydrogens is 308 g/mol. The average molecular weight is 334 g/mol. The van der Waals surface area contributed by atoms with Crippen molar-refractivity contribution in [2.45, 2.75) is 25.7 Å². The first-order chi connectivity index (χ1) is 11.5. The van der Waals surface area contributed by atoms with Crippen LogP contribution in [0.5, 0.6) is 0 Å². The number of rotatable bonds is 2. The minimum atomic E-state index is -0.463. The van der Waals surface area contributed by atoms with E-state index in [1.54, 1.807) is 4.90 Å². The van der Waals surface area contributed by atoms with Crippen LogP contribution in [0.25, 0.3) is 0 Å². The fourth-order valence-corrected chi connectivity index (χ4v) is 3.99. The Labute approximate surface area is 141 Å². The molecule has 7 heteroatoms. The Bertz CT molecular complexity index is 722. The molecule has 1 aromatic rings. The molecule has 0 aromatic carbocycles. The molecule has 24 heavy (non-hydrogen) atoms. The van der Waals surface area contributed by atoms with Crippen LogP contribution in [0.4, 0.5) is 0 Å². The van der Waals surface area contributed by atoms with Crippen LogP contribution in [-0.2, 0) is 14.1 Å². The maximum atomic E-state index is 12.7. The number of carbonyl (C=O) groups excluding carboxylic acids is 1.